The fourth-order valence-electron chi connectivity index (χ4n) is 2.38. The molecular weight excluding hydrogens is 430 g/mol. The number of hydrogen-bond acceptors (Lipinski definition) is 6. The van der Waals surface area contributed by atoms with Gasteiger partial charge in [0, 0.05) is 18.1 Å². The van der Waals surface area contributed by atoms with Crippen LogP contribution >= 0.6 is 27.7 Å². The fraction of sp³-hybridized carbons (Fsp3) is 0.211. The molecule has 140 valence electrons. The first-order chi connectivity index (χ1) is 13.1. The van der Waals surface area contributed by atoms with Crippen LogP contribution in [0.4, 0.5) is 0 Å². The molecule has 3 aromatic rings. The fourth-order valence-corrected chi connectivity index (χ4v) is 3.54. The highest BCUT2D eigenvalue weighted by Crippen LogP contribution is 2.29. The third-order valence-corrected chi connectivity index (χ3v) is 5.30. The van der Waals surface area contributed by atoms with E-state index in [2.05, 4.69) is 26.1 Å². The van der Waals surface area contributed by atoms with E-state index in [4.69, 9.17) is 9.15 Å². The average Bonchev–Trinajstić information content (AvgIpc) is 3.15. The number of aromatic nitrogens is 2. The summed E-state index contributed by atoms with van der Waals surface area (Å²) < 4.78 is 11.7. The van der Waals surface area contributed by atoms with Gasteiger partial charge in [0.15, 0.2) is 0 Å². The molecule has 1 aromatic heterocycles. The van der Waals surface area contributed by atoms with Crippen molar-refractivity contribution in [2.45, 2.75) is 11.8 Å². The molecular formula is C19H18BrN3O3S. The van der Waals surface area contributed by atoms with Crippen molar-refractivity contribution in [3.05, 3.63) is 58.6 Å². The van der Waals surface area contributed by atoms with Gasteiger partial charge in [0.25, 0.3) is 5.22 Å². The van der Waals surface area contributed by atoms with E-state index in [1.54, 1.807) is 19.1 Å². The quantitative estimate of drug-likeness (QED) is 0.504. The van der Waals surface area contributed by atoms with Crippen LogP contribution in [0.3, 0.4) is 0 Å². The Bertz CT molecular complexity index is 932. The summed E-state index contributed by atoms with van der Waals surface area (Å²) >= 11 is 4.69. The van der Waals surface area contributed by atoms with Gasteiger partial charge in [-0.05, 0) is 45.8 Å². The Morgan fingerprint density at radius 2 is 2.04 bits per heavy atom. The van der Waals surface area contributed by atoms with Crippen LogP contribution in [0.5, 0.6) is 5.75 Å². The molecule has 0 saturated heterocycles. The highest BCUT2D eigenvalue weighted by molar-refractivity contribution is 9.10. The molecule has 0 atom stereocenters. The number of hydrogen-bond donors (Lipinski definition) is 0. The zero-order valence-corrected chi connectivity index (χ0v) is 17.3. The first-order valence-corrected chi connectivity index (χ1v) is 9.93. The van der Waals surface area contributed by atoms with Crippen LogP contribution in [0.25, 0.3) is 11.5 Å². The van der Waals surface area contributed by atoms with E-state index < -0.39 is 0 Å². The lowest BCUT2D eigenvalue weighted by molar-refractivity contribution is -0.127. The van der Waals surface area contributed by atoms with E-state index in [0.29, 0.717) is 17.7 Å². The number of carbonyl (C=O) groups is 1. The third kappa shape index (κ3) is 5.11. The first-order valence-electron chi connectivity index (χ1n) is 8.15. The lowest BCUT2D eigenvalue weighted by atomic mass is 10.2. The second-order valence-electron chi connectivity index (χ2n) is 5.74. The molecule has 0 bridgehead atoms. The van der Waals surface area contributed by atoms with Crippen molar-refractivity contribution in [1.29, 1.82) is 0 Å². The number of thioether (sulfide) groups is 1. The van der Waals surface area contributed by atoms with Gasteiger partial charge in [-0.2, -0.15) is 0 Å². The van der Waals surface area contributed by atoms with Crippen molar-refractivity contribution < 1.29 is 13.9 Å². The zero-order valence-electron chi connectivity index (χ0n) is 14.9. The molecule has 6 nitrogen and oxygen atoms in total. The van der Waals surface area contributed by atoms with Gasteiger partial charge in [-0.25, -0.2) is 0 Å². The predicted octanol–water partition coefficient (Wildman–Crippen LogP) is 4.26. The smallest absolute Gasteiger partial charge is 0.277 e. The molecule has 0 N–H and O–H groups in total. The summed E-state index contributed by atoms with van der Waals surface area (Å²) in [7, 11) is 3.39. The molecule has 2 aromatic carbocycles. The summed E-state index contributed by atoms with van der Waals surface area (Å²) in [5, 5.41) is 8.43. The van der Waals surface area contributed by atoms with E-state index in [9.17, 15) is 4.79 Å². The second-order valence-corrected chi connectivity index (χ2v) is 7.52. The van der Waals surface area contributed by atoms with Crippen LogP contribution in [0.15, 0.2) is 62.6 Å². The van der Waals surface area contributed by atoms with Crippen molar-refractivity contribution in [2.75, 3.05) is 19.9 Å². The number of nitrogens with zero attached hydrogens (tertiary/aromatic N) is 3. The van der Waals surface area contributed by atoms with Gasteiger partial charge in [0.2, 0.25) is 11.8 Å². The summed E-state index contributed by atoms with van der Waals surface area (Å²) in [6, 6.07) is 15.3. The molecule has 0 radical (unpaired) electrons. The number of methoxy groups -OCH3 is 1. The molecule has 3 rings (SSSR count). The standard InChI is InChI=1S/C19H18BrN3O3S/c1-23(11-13-6-5-7-14(10-13)25-2)17(24)12-27-19-22-21-18(26-19)15-8-3-4-9-16(15)20/h3-10H,11-12H2,1-2H3. The van der Waals surface area contributed by atoms with Crippen molar-refractivity contribution in [2.24, 2.45) is 0 Å². The number of amides is 1. The van der Waals surface area contributed by atoms with Gasteiger partial charge in [0.05, 0.1) is 18.4 Å². The molecule has 8 heteroatoms. The van der Waals surface area contributed by atoms with Gasteiger partial charge >= 0.3 is 0 Å². The maximum Gasteiger partial charge on any atom is 0.277 e. The first kappa shape index (κ1) is 19.4. The van der Waals surface area contributed by atoms with Gasteiger partial charge < -0.3 is 14.1 Å². The molecule has 1 amide bonds. The molecule has 0 aliphatic heterocycles. The highest BCUT2D eigenvalue weighted by atomic mass is 79.9. The normalized spacial score (nSPS) is 10.6. The minimum Gasteiger partial charge on any atom is -0.497 e. The number of ether oxygens (including phenoxy) is 1. The molecule has 0 unspecified atom stereocenters. The maximum absolute atomic E-state index is 12.4. The average molecular weight is 448 g/mol. The molecule has 1 heterocycles. The molecule has 0 aliphatic rings. The van der Waals surface area contributed by atoms with Crippen LogP contribution < -0.4 is 4.74 Å². The van der Waals surface area contributed by atoms with Crippen LogP contribution in [0.2, 0.25) is 0 Å². The topological polar surface area (TPSA) is 68.5 Å². The third-order valence-electron chi connectivity index (χ3n) is 3.81. The predicted molar refractivity (Wildman–Crippen MR) is 108 cm³/mol. The Kier molecular flexibility index (Phi) is 6.52. The molecule has 0 fully saturated rings. The summed E-state index contributed by atoms with van der Waals surface area (Å²) in [4.78, 5) is 14.0. The van der Waals surface area contributed by atoms with Crippen LogP contribution in [0.1, 0.15) is 5.56 Å². The van der Waals surface area contributed by atoms with Crippen molar-refractivity contribution >= 4 is 33.6 Å². The van der Waals surface area contributed by atoms with Crippen LogP contribution in [-0.2, 0) is 11.3 Å². The van der Waals surface area contributed by atoms with Crippen LogP contribution in [0, 0.1) is 0 Å². The number of benzene rings is 2. The Hall–Kier alpha value is -2.32. The van der Waals surface area contributed by atoms with Crippen molar-refractivity contribution in [3.8, 4) is 17.2 Å². The lowest BCUT2D eigenvalue weighted by Gasteiger charge is -2.17. The Balaban J connectivity index is 1.56. The lowest BCUT2D eigenvalue weighted by Crippen LogP contribution is -2.27. The van der Waals surface area contributed by atoms with E-state index >= 15 is 0 Å². The maximum atomic E-state index is 12.4. The SMILES string of the molecule is COc1cccc(CN(C)C(=O)CSc2nnc(-c3ccccc3Br)o2)c1. The number of halogens is 1. The van der Waals surface area contributed by atoms with Gasteiger partial charge in [-0.3, -0.25) is 4.79 Å². The van der Waals surface area contributed by atoms with Crippen molar-refractivity contribution in [3.63, 3.8) is 0 Å². The number of carbonyl (C=O) groups excluding carboxylic acids is 1. The molecule has 0 aliphatic carbocycles. The molecule has 0 spiro atoms. The van der Waals surface area contributed by atoms with E-state index in [1.807, 2.05) is 48.5 Å². The van der Waals surface area contributed by atoms with Crippen molar-refractivity contribution in [1.82, 2.24) is 15.1 Å². The van der Waals surface area contributed by atoms with Gasteiger partial charge in [-0.1, -0.05) is 36.0 Å². The largest absolute Gasteiger partial charge is 0.497 e. The zero-order chi connectivity index (χ0) is 19.2. The minimum atomic E-state index is -0.0246. The molecule has 27 heavy (non-hydrogen) atoms. The second kappa shape index (κ2) is 9.05. The summed E-state index contributed by atoms with van der Waals surface area (Å²) in [5.74, 6) is 1.39. The Labute approximate surface area is 170 Å². The summed E-state index contributed by atoms with van der Waals surface area (Å²) in [6.45, 7) is 0.503. The van der Waals surface area contributed by atoms with E-state index in [1.165, 1.54) is 11.8 Å². The van der Waals surface area contributed by atoms with E-state index in [-0.39, 0.29) is 11.7 Å². The monoisotopic (exact) mass is 447 g/mol. The van der Waals surface area contributed by atoms with Crippen LogP contribution in [-0.4, -0.2) is 40.9 Å². The Morgan fingerprint density at radius 1 is 1.22 bits per heavy atom. The number of rotatable bonds is 7. The highest BCUT2D eigenvalue weighted by Gasteiger charge is 2.15. The van der Waals surface area contributed by atoms with Gasteiger partial charge in [0.1, 0.15) is 5.75 Å². The summed E-state index contributed by atoms with van der Waals surface area (Å²) in [6.07, 6.45) is 0. The van der Waals surface area contributed by atoms with Gasteiger partial charge in [-0.15, -0.1) is 10.2 Å². The molecule has 0 saturated carbocycles. The minimum absolute atomic E-state index is 0.0246. The Morgan fingerprint density at radius 3 is 2.81 bits per heavy atom. The van der Waals surface area contributed by atoms with E-state index in [0.717, 1.165) is 21.3 Å². The summed E-state index contributed by atoms with van der Waals surface area (Å²) in [5.41, 5.74) is 1.82.